The Labute approximate surface area is 131 Å². The van der Waals surface area contributed by atoms with Crippen molar-refractivity contribution in [2.24, 2.45) is 0 Å². The second kappa shape index (κ2) is 10.3. The Hall–Kier alpha value is -0.410. The lowest BCUT2D eigenvalue weighted by Gasteiger charge is -2.20. The number of hydrogen-bond donors (Lipinski definition) is 1. The molecule has 0 fully saturated rings. The summed E-state index contributed by atoms with van der Waals surface area (Å²) < 4.78 is 14.5. The maximum absolute atomic E-state index is 13.5. The molecule has 0 amide bonds. The van der Waals surface area contributed by atoms with Crippen LogP contribution in [0.25, 0.3) is 0 Å². The van der Waals surface area contributed by atoms with Crippen molar-refractivity contribution in [3.05, 3.63) is 34.1 Å². The molecule has 1 atom stereocenters. The van der Waals surface area contributed by atoms with E-state index in [1.807, 2.05) is 6.07 Å². The summed E-state index contributed by atoms with van der Waals surface area (Å²) >= 11 is 3.55. The molecule has 0 saturated heterocycles. The molecule has 3 heteroatoms. The number of benzene rings is 1. The van der Waals surface area contributed by atoms with Crippen molar-refractivity contribution in [1.29, 1.82) is 0 Å². The van der Waals surface area contributed by atoms with Gasteiger partial charge in [-0.1, -0.05) is 61.9 Å². The minimum atomic E-state index is -0.155. The molecule has 114 valence electrons. The third-order valence-corrected chi connectivity index (χ3v) is 4.29. The van der Waals surface area contributed by atoms with Crippen molar-refractivity contribution in [2.45, 2.75) is 64.8 Å². The van der Waals surface area contributed by atoms with Crippen LogP contribution in [0.1, 0.15) is 70.4 Å². The minimum absolute atomic E-state index is 0.155. The Morgan fingerprint density at radius 2 is 1.85 bits per heavy atom. The standard InChI is InChI=1S/C17H27BrFN/c1-3-5-6-7-8-9-17(20-12-4-2)15-13-14(19)10-11-16(15)18/h10-11,13,17,20H,3-9,12H2,1-2H3. The van der Waals surface area contributed by atoms with Gasteiger partial charge in [-0.2, -0.15) is 0 Å². The molecule has 1 aromatic carbocycles. The van der Waals surface area contributed by atoms with Gasteiger partial charge in [0.1, 0.15) is 5.82 Å². The van der Waals surface area contributed by atoms with Gasteiger partial charge in [0.15, 0.2) is 0 Å². The van der Waals surface area contributed by atoms with E-state index < -0.39 is 0 Å². The first-order valence-electron chi connectivity index (χ1n) is 7.87. The van der Waals surface area contributed by atoms with Gasteiger partial charge in [0, 0.05) is 10.5 Å². The van der Waals surface area contributed by atoms with E-state index in [0.29, 0.717) is 0 Å². The molecule has 0 saturated carbocycles. The summed E-state index contributed by atoms with van der Waals surface area (Å²) in [6.07, 6.45) is 8.53. The van der Waals surface area contributed by atoms with Crippen LogP contribution in [-0.2, 0) is 0 Å². The van der Waals surface area contributed by atoms with Gasteiger partial charge >= 0.3 is 0 Å². The lowest BCUT2D eigenvalue weighted by Crippen LogP contribution is -2.22. The molecule has 0 aliphatic heterocycles. The molecule has 0 heterocycles. The molecule has 0 aromatic heterocycles. The van der Waals surface area contributed by atoms with E-state index in [9.17, 15) is 4.39 Å². The highest BCUT2D eigenvalue weighted by atomic mass is 79.9. The third kappa shape index (κ3) is 6.36. The molecule has 1 aromatic rings. The molecule has 0 spiro atoms. The molecule has 1 nitrogen and oxygen atoms in total. The van der Waals surface area contributed by atoms with Crippen LogP contribution in [0.3, 0.4) is 0 Å². The van der Waals surface area contributed by atoms with Crippen LogP contribution in [0.5, 0.6) is 0 Å². The summed E-state index contributed by atoms with van der Waals surface area (Å²) in [5.74, 6) is -0.155. The van der Waals surface area contributed by atoms with Gasteiger partial charge in [-0.25, -0.2) is 4.39 Å². The number of halogens is 2. The van der Waals surface area contributed by atoms with Crippen molar-refractivity contribution in [2.75, 3.05) is 6.54 Å². The van der Waals surface area contributed by atoms with E-state index in [1.165, 1.54) is 38.2 Å². The van der Waals surface area contributed by atoms with Crippen LogP contribution < -0.4 is 5.32 Å². The van der Waals surface area contributed by atoms with E-state index in [0.717, 1.165) is 29.4 Å². The van der Waals surface area contributed by atoms with E-state index in [2.05, 4.69) is 35.1 Å². The summed E-state index contributed by atoms with van der Waals surface area (Å²) in [4.78, 5) is 0. The molecule has 20 heavy (non-hydrogen) atoms. The zero-order valence-corrected chi connectivity index (χ0v) is 14.3. The molecule has 1 rings (SSSR count). The largest absolute Gasteiger partial charge is 0.310 e. The first kappa shape index (κ1) is 17.6. The summed E-state index contributed by atoms with van der Waals surface area (Å²) in [5, 5.41) is 3.55. The van der Waals surface area contributed by atoms with E-state index in [-0.39, 0.29) is 11.9 Å². The monoisotopic (exact) mass is 343 g/mol. The summed E-state index contributed by atoms with van der Waals surface area (Å²) in [5.41, 5.74) is 1.05. The first-order valence-corrected chi connectivity index (χ1v) is 8.66. The Balaban J connectivity index is 2.60. The predicted molar refractivity (Wildman–Crippen MR) is 88.5 cm³/mol. The maximum Gasteiger partial charge on any atom is 0.123 e. The highest BCUT2D eigenvalue weighted by molar-refractivity contribution is 9.10. The second-order valence-corrected chi connectivity index (χ2v) is 6.23. The molecule has 1 N–H and O–H groups in total. The van der Waals surface area contributed by atoms with Crippen molar-refractivity contribution in [3.8, 4) is 0 Å². The lowest BCUT2D eigenvalue weighted by atomic mass is 9.99. The van der Waals surface area contributed by atoms with Gasteiger partial charge in [-0.3, -0.25) is 0 Å². The van der Waals surface area contributed by atoms with Crippen LogP contribution in [0.4, 0.5) is 4.39 Å². The fraction of sp³-hybridized carbons (Fsp3) is 0.647. The number of unbranched alkanes of at least 4 members (excludes halogenated alkanes) is 4. The SMILES string of the molecule is CCCCCCCC(NCCC)c1cc(F)ccc1Br. The topological polar surface area (TPSA) is 12.0 Å². The van der Waals surface area contributed by atoms with Crippen molar-refractivity contribution < 1.29 is 4.39 Å². The number of hydrogen-bond acceptors (Lipinski definition) is 1. The summed E-state index contributed by atoms with van der Waals surface area (Å²) in [6.45, 7) is 5.37. The van der Waals surface area contributed by atoms with Crippen LogP contribution in [-0.4, -0.2) is 6.54 Å². The predicted octanol–water partition coefficient (Wildman–Crippen LogP) is 5.99. The molecule has 0 radical (unpaired) electrons. The van der Waals surface area contributed by atoms with Gasteiger partial charge in [0.25, 0.3) is 0 Å². The molecule has 0 aliphatic carbocycles. The van der Waals surface area contributed by atoms with Crippen LogP contribution in [0, 0.1) is 5.82 Å². The first-order chi connectivity index (χ1) is 9.69. The molecular formula is C17H27BrFN. The average molecular weight is 344 g/mol. The summed E-state index contributed by atoms with van der Waals surface area (Å²) in [7, 11) is 0. The van der Waals surface area contributed by atoms with Gasteiger partial charge < -0.3 is 5.32 Å². The Kier molecular flexibility index (Phi) is 9.12. The average Bonchev–Trinajstić information content (AvgIpc) is 2.45. The normalized spacial score (nSPS) is 12.6. The van der Waals surface area contributed by atoms with E-state index in [1.54, 1.807) is 6.07 Å². The van der Waals surface area contributed by atoms with Crippen LogP contribution in [0.15, 0.2) is 22.7 Å². The highest BCUT2D eigenvalue weighted by Gasteiger charge is 2.14. The quantitative estimate of drug-likeness (QED) is 0.514. The molecule has 0 bridgehead atoms. The van der Waals surface area contributed by atoms with Crippen LogP contribution >= 0.6 is 15.9 Å². The Morgan fingerprint density at radius 1 is 1.10 bits per heavy atom. The number of nitrogens with one attached hydrogen (secondary N) is 1. The van der Waals surface area contributed by atoms with Gasteiger partial charge in [-0.05, 0) is 43.1 Å². The van der Waals surface area contributed by atoms with Crippen molar-refractivity contribution >= 4 is 15.9 Å². The van der Waals surface area contributed by atoms with Crippen molar-refractivity contribution in [1.82, 2.24) is 5.32 Å². The summed E-state index contributed by atoms with van der Waals surface area (Å²) in [6, 6.07) is 5.22. The smallest absolute Gasteiger partial charge is 0.123 e. The van der Waals surface area contributed by atoms with E-state index in [4.69, 9.17) is 0 Å². The highest BCUT2D eigenvalue weighted by Crippen LogP contribution is 2.28. The molecule has 1 unspecified atom stereocenters. The van der Waals surface area contributed by atoms with E-state index >= 15 is 0 Å². The lowest BCUT2D eigenvalue weighted by molar-refractivity contribution is 0.464. The zero-order valence-electron chi connectivity index (χ0n) is 12.7. The fourth-order valence-corrected chi connectivity index (χ4v) is 2.94. The third-order valence-electron chi connectivity index (χ3n) is 3.57. The maximum atomic E-state index is 13.5. The fourth-order valence-electron chi connectivity index (χ4n) is 2.42. The van der Waals surface area contributed by atoms with Crippen LogP contribution in [0.2, 0.25) is 0 Å². The van der Waals surface area contributed by atoms with Gasteiger partial charge in [0.05, 0.1) is 0 Å². The number of rotatable bonds is 10. The minimum Gasteiger partial charge on any atom is -0.310 e. The van der Waals surface area contributed by atoms with Crippen molar-refractivity contribution in [3.63, 3.8) is 0 Å². The zero-order chi connectivity index (χ0) is 14.8. The Morgan fingerprint density at radius 3 is 2.55 bits per heavy atom. The molecule has 0 aliphatic rings. The van der Waals surface area contributed by atoms with Gasteiger partial charge in [-0.15, -0.1) is 0 Å². The van der Waals surface area contributed by atoms with Gasteiger partial charge in [0.2, 0.25) is 0 Å². The second-order valence-electron chi connectivity index (χ2n) is 5.38. The molecular weight excluding hydrogens is 317 g/mol. The Bertz CT molecular complexity index is 381.